The summed E-state index contributed by atoms with van der Waals surface area (Å²) in [6.45, 7) is 6.36. The van der Waals surface area contributed by atoms with Crippen molar-refractivity contribution in [2.45, 2.75) is 39.0 Å². The molecule has 0 aromatic carbocycles. The van der Waals surface area contributed by atoms with Crippen LogP contribution in [0.25, 0.3) is 0 Å². The number of rotatable bonds is 12. The Labute approximate surface area is 167 Å². The summed E-state index contributed by atoms with van der Waals surface area (Å²) in [4.78, 5) is 18.7. The summed E-state index contributed by atoms with van der Waals surface area (Å²) in [6.07, 6.45) is 13.8. The summed E-state index contributed by atoms with van der Waals surface area (Å²) >= 11 is 0. The number of hydrogen-bond acceptors (Lipinski definition) is 6. The van der Waals surface area contributed by atoms with Crippen LogP contribution in [0.15, 0.2) is 64.8 Å². The van der Waals surface area contributed by atoms with Crippen LogP contribution in [0.1, 0.15) is 39.0 Å². The van der Waals surface area contributed by atoms with Gasteiger partial charge in [-0.3, -0.25) is 4.79 Å². The molecule has 1 rings (SSSR count). The van der Waals surface area contributed by atoms with Gasteiger partial charge in [0.25, 0.3) is 0 Å². The molecule has 0 saturated carbocycles. The smallest absolute Gasteiger partial charge is 0.227 e. The van der Waals surface area contributed by atoms with E-state index in [0.29, 0.717) is 31.6 Å². The van der Waals surface area contributed by atoms with Gasteiger partial charge in [0.05, 0.1) is 12.9 Å². The van der Waals surface area contributed by atoms with Gasteiger partial charge in [-0.25, -0.2) is 10.8 Å². The van der Waals surface area contributed by atoms with Crippen LogP contribution in [-0.2, 0) is 9.53 Å². The second-order valence-corrected chi connectivity index (χ2v) is 6.24. The number of nitrogens with zero attached hydrogens (tertiary/aromatic N) is 2. The molecule has 1 aliphatic rings. The van der Waals surface area contributed by atoms with Gasteiger partial charge in [-0.15, -0.1) is 0 Å². The number of nitrogens with one attached hydrogen (secondary N) is 1. The van der Waals surface area contributed by atoms with Crippen molar-refractivity contribution in [1.29, 1.82) is 0 Å². The molecular weight excluding hydrogens is 356 g/mol. The molecule has 0 fully saturated rings. The van der Waals surface area contributed by atoms with Crippen LogP contribution in [0.2, 0.25) is 0 Å². The van der Waals surface area contributed by atoms with Crippen molar-refractivity contribution in [1.82, 2.24) is 10.3 Å². The number of amides is 1. The Morgan fingerprint density at radius 2 is 2.29 bits per heavy atom. The third kappa shape index (κ3) is 8.37. The first kappa shape index (κ1) is 23.4. The van der Waals surface area contributed by atoms with E-state index in [0.717, 1.165) is 29.9 Å². The average Bonchev–Trinajstić information content (AvgIpc) is 2.72. The summed E-state index contributed by atoms with van der Waals surface area (Å²) in [6, 6.07) is 0. The Morgan fingerprint density at radius 3 is 2.93 bits per heavy atom. The number of carbonyl (C=O) groups excluding carboxylic acids is 1. The number of allylic oxidation sites excluding steroid dienone is 7. The number of ether oxygens (including phenoxy) is 1. The predicted octanol–water partition coefficient (Wildman–Crippen LogP) is 2.69. The molecule has 7 nitrogen and oxygen atoms in total. The van der Waals surface area contributed by atoms with Crippen molar-refractivity contribution < 1.29 is 14.6 Å². The molecule has 0 radical (unpaired) electrons. The number of methoxy groups -OCH3 is 1. The molecule has 0 atom stereocenters. The van der Waals surface area contributed by atoms with Crippen LogP contribution in [0.4, 0.5) is 0 Å². The zero-order valence-electron chi connectivity index (χ0n) is 16.9. The largest absolute Gasteiger partial charge is 0.501 e. The van der Waals surface area contributed by atoms with Gasteiger partial charge in [-0.1, -0.05) is 24.3 Å². The van der Waals surface area contributed by atoms with Gasteiger partial charge in [-0.2, -0.15) is 0 Å². The van der Waals surface area contributed by atoms with E-state index in [-0.39, 0.29) is 12.5 Å². The van der Waals surface area contributed by atoms with Gasteiger partial charge < -0.3 is 20.2 Å². The standard InChI is InChI=1S/C21H32N4O3/c1-4-5-12-23-20(24-22)15-17(2)10-11-21(27)25(13-7-14-26)18-8-6-9-19(16-18)28-3/h4-5,8,12,15-16,24,26H,2,6-7,9-11,13-14,22H2,1,3H3/b5-4-,20-15-,23-12-. The SMILES string of the molecule is C=C(/C=C(/N=C\C=C/C)NN)CCC(=O)N(CCCO)C1=CCCC(OC)=C1. The first-order chi connectivity index (χ1) is 13.5. The predicted molar refractivity (Wildman–Crippen MR) is 113 cm³/mol. The Bertz CT molecular complexity index is 675. The fourth-order valence-corrected chi connectivity index (χ4v) is 2.63. The minimum Gasteiger partial charge on any atom is -0.501 e. The zero-order valence-corrected chi connectivity index (χ0v) is 16.9. The summed E-state index contributed by atoms with van der Waals surface area (Å²) in [7, 11) is 1.63. The monoisotopic (exact) mass is 388 g/mol. The van der Waals surface area contributed by atoms with Gasteiger partial charge in [0.2, 0.25) is 5.91 Å². The third-order valence-electron chi connectivity index (χ3n) is 4.11. The van der Waals surface area contributed by atoms with Crippen LogP contribution in [0.5, 0.6) is 0 Å². The number of aliphatic imine (C=N–C) groups is 1. The maximum Gasteiger partial charge on any atom is 0.227 e. The fourth-order valence-electron chi connectivity index (χ4n) is 2.63. The van der Waals surface area contributed by atoms with Crippen molar-refractivity contribution in [3.8, 4) is 0 Å². The minimum absolute atomic E-state index is 0.0254. The van der Waals surface area contributed by atoms with Crippen molar-refractivity contribution >= 4 is 12.1 Å². The highest BCUT2D eigenvalue weighted by Gasteiger charge is 2.19. The molecule has 0 heterocycles. The third-order valence-corrected chi connectivity index (χ3v) is 4.11. The number of aliphatic hydroxyl groups is 1. The molecule has 28 heavy (non-hydrogen) atoms. The minimum atomic E-state index is -0.0254. The van der Waals surface area contributed by atoms with E-state index < -0.39 is 0 Å². The lowest BCUT2D eigenvalue weighted by Crippen LogP contribution is -2.32. The van der Waals surface area contributed by atoms with Gasteiger partial charge in [0.1, 0.15) is 5.82 Å². The lowest BCUT2D eigenvalue weighted by atomic mass is 10.1. The molecule has 4 N–H and O–H groups in total. The second kappa shape index (κ2) is 13.5. The summed E-state index contributed by atoms with van der Waals surface area (Å²) < 4.78 is 5.32. The van der Waals surface area contributed by atoms with E-state index in [9.17, 15) is 9.90 Å². The molecule has 0 unspecified atom stereocenters. The maximum atomic E-state index is 12.8. The number of hydrogen-bond donors (Lipinski definition) is 3. The number of aliphatic hydroxyl groups excluding tert-OH is 1. The molecule has 0 saturated heterocycles. The quantitative estimate of drug-likeness (QED) is 0.207. The highest BCUT2D eigenvalue weighted by molar-refractivity contribution is 5.79. The fraction of sp³-hybridized carbons (Fsp3) is 0.429. The Morgan fingerprint density at radius 1 is 1.50 bits per heavy atom. The molecule has 154 valence electrons. The van der Waals surface area contributed by atoms with Gasteiger partial charge >= 0.3 is 0 Å². The lowest BCUT2D eigenvalue weighted by Gasteiger charge is -2.26. The molecule has 0 aliphatic heterocycles. The summed E-state index contributed by atoms with van der Waals surface area (Å²) in [5, 5.41) is 9.17. The van der Waals surface area contributed by atoms with E-state index >= 15 is 0 Å². The first-order valence-corrected chi connectivity index (χ1v) is 9.43. The topological polar surface area (TPSA) is 100 Å². The molecule has 0 aromatic heterocycles. The molecule has 0 spiro atoms. The molecular formula is C21H32N4O3. The Balaban J connectivity index is 2.76. The normalized spacial score (nSPS) is 14.8. The van der Waals surface area contributed by atoms with E-state index in [4.69, 9.17) is 10.6 Å². The lowest BCUT2D eigenvalue weighted by molar-refractivity contribution is -0.129. The molecule has 7 heteroatoms. The first-order valence-electron chi connectivity index (χ1n) is 9.43. The molecule has 1 aliphatic carbocycles. The van der Waals surface area contributed by atoms with Crippen LogP contribution < -0.4 is 11.3 Å². The number of carbonyl (C=O) groups is 1. The zero-order chi connectivity index (χ0) is 20.8. The van der Waals surface area contributed by atoms with E-state index in [2.05, 4.69) is 17.0 Å². The van der Waals surface area contributed by atoms with Crippen molar-refractivity contribution in [3.63, 3.8) is 0 Å². The molecule has 1 amide bonds. The van der Waals surface area contributed by atoms with Crippen molar-refractivity contribution in [2.24, 2.45) is 10.8 Å². The van der Waals surface area contributed by atoms with Gasteiger partial charge in [-0.05, 0) is 44.4 Å². The molecule has 0 aromatic rings. The van der Waals surface area contributed by atoms with Crippen LogP contribution in [0.3, 0.4) is 0 Å². The number of nitrogens with two attached hydrogens (primary N) is 1. The number of hydrazine groups is 1. The average molecular weight is 389 g/mol. The highest BCUT2D eigenvalue weighted by atomic mass is 16.5. The summed E-state index contributed by atoms with van der Waals surface area (Å²) in [5.74, 6) is 6.76. The van der Waals surface area contributed by atoms with Crippen LogP contribution in [0, 0.1) is 0 Å². The van der Waals surface area contributed by atoms with Crippen molar-refractivity contribution in [3.05, 3.63) is 59.8 Å². The van der Waals surface area contributed by atoms with Gasteiger partial charge in [0.15, 0.2) is 0 Å². The summed E-state index contributed by atoms with van der Waals surface area (Å²) in [5.41, 5.74) is 4.07. The maximum absolute atomic E-state index is 12.8. The van der Waals surface area contributed by atoms with E-state index in [1.54, 1.807) is 30.4 Å². The van der Waals surface area contributed by atoms with Crippen LogP contribution in [-0.4, -0.2) is 42.4 Å². The molecule has 0 bridgehead atoms. The Kier molecular flexibility index (Phi) is 11.3. The van der Waals surface area contributed by atoms with E-state index in [1.165, 1.54) is 0 Å². The Hall–Kier alpha value is -2.64. The van der Waals surface area contributed by atoms with Crippen LogP contribution >= 0.6 is 0 Å². The second-order valence-electron chi connectivity index (χ2n) is 6.24. The van der Waals surface area contributed by atoms with Crippen molar-refractivity contribution in [2.75, 3.05) is 20.3 Å². The van der Waals surface area contributed by atoms with Gasteiger partial charge in [0, 0.05) is 37.9 Å². The highest BCUT2D eigenvalue weighted by Crippen LogP contribution is 2.22. The van der Waals surface area contributed by atoms with E-state index in [1.807, 2.05) is 25.2 Å².